The highest BCUT2D eigenvalue weighted by Gasteiger charge is 2.09. The smallest absolute Gasteiger partial charge is 0.255 e. The number of rotatable bonds is 1. The van der Waals surface area contributed by atoms with Gasteiger partial charge < -0.3 is 0 Å². The molecule has 5 heteroatoms. The normalized spacial score (nSPS) is 10.5. The molecule has 0 spiro atoms. The molecule has 1 aromatic heterocycles. The number of hydrogen-bond acceptors (Lipinski definition) is 3. The Morgan fingerprint density at radius 1 is 1.20 bits per heavy atom. The largest absolute Gasteiger partial charge is 0.345 e. The highest BCUT2D eigenvalue weighted by Crippen LogP contribution is 2.11. The molecule has 0 saturated heterocycles. The van der Waals surface area contributed by atoms with Gasteiger partial charge in [0, 0.05) is 18.6 Å². The Bertz CT molecular complexity index is 606. The first kappa shape index (κ1) is 9.92. The van der Waals surface area contributed by atoms with Crippen molar-refractivity contribution in [3.63, 3.8) is 0 Å². The van der Waals surface area contributed by atoms with Crippen LogP contribution >= 0.6 is 11.5 Å². The van der Waals surface area contributed by atoms with Crippen LogP contribution in [0.3, 0.4) is 0 Å². The zero-order valence-corrected chi connectivity index (χ0v) is 9.25. The summed E-state index contributed by atoms with van der Waals surface area (Å²) in [5, 5.41) is 0. The van der Waals surface area contributed by atoms with E-state index in [-0.39, 0.29) is 10.6 Å². The molecular formula is C10H10N2O2S. The molecule has 1 heterocycles. The van der Waals surface area contributed by atoms with Gasteiger partial charge in [-0.3, -0.25) is 9.36 Å². The van der Waals surface area contributed by atoms with Gasteiger partial charge in [0.05, 0.1) is 5.69 Å². The first-order chi connectivity index (χ1) is 7.11. The first-order valence-electron chi connectivity index (χ1n) is 4.46. The Kier molecular flexibility index (Phi) is 2.32. The molecule has 2 aromatic rings. The lowest BCUT2D eigenvalue weighted by Gasteiger charge is -2.02. The van der Waals surface area contributed by atoms with E-state index in [1.165, 1.54) is 11.0 Å². The van der Waals surface area contributed by atoms with Crippen molar-refractivity contribution in [3.05, 3.63) is 50.0 Å². The number of para-hydroxylation sites is 1. The summed E-state index contributed by atoms with van der Waals surface area (Å²) in [5.41, 5.74) is 1.45. The topological polar surface area (TPSA) is 44.0 Å². The SMILES string of the molecule is Cc1ccccc1-n1sc(=O)n(C)c1=O. The fourth-order valence-electron chi connectivity index (χ4n) is 1.34. The monoisotopic (exact) mass is 222 g/mol. The van der Waals surface area contributed by atoms with Crippen molar-refractivity contribution >= 4 is 11.5 Å². The van der Waals surface area contributed by atoms with Gasteiger partial charge in [0.25, 0.3) is 0 Å². The molecule has 0 aliphatic heterocycles. The maximum absolute atomic E-state index is 11.7. The van der Waals surface area contributed by atoms with Gasteiger partial charge in [0.15, 0.2) is 0 Å². The van der Waals surface area contributed by atoms with E-state index in [2.05, 4.69) is 0 Å². The standard InChI is InChI=1S/C10H10N2O2S/c1-7-5-3-4-6-8(7)12-9(13)11(2)10(14)15-12/h3-6H,1-2H3. The summed E-state index contributed by atoms with van der Waals surface area (Å²) in [6.45, 7) is 1.91. The minimum Gasteiger partial charge on any atom is -0.255 e. The summed E-state index contributed by atoms with van der Waals surface area (Å²) < 4.78 is 2.52. The molecule has 0 aliphatic rings. The van der Waals surface area contributed by atoms with Gasteiger partial charge in [-0.1, -0.05) is 18.2 Å². The highest BCUT2D eigenvalue weighted by atomic mass is 32.1. The van der Waals surface area contributed by atoms with Crippen LogP contribution in [0.4, 0.5) is 0 Å². The third kappa shape index (κ3) is 1.55. The lowest BCUT2D eigenvalue weighted by molar-refractivity contribution is 0.804. The summed E-state index contributed by atoms with van der Waals surface area (Å²) in [6.07, 6.45) is 0. The Morgan fingerprint density at radius 3 is 2.40 bits per heavy atom. The number of aromatic nitrogens is 2. The van der Waals surface area contributed by atoms with Crippen molar-refractivity contribution in [2.75, 3.05) is 0 Å². The van der Waals surface area contributed by atoms with E-state index in [4.69, 9.17) is 0 Å². The van der Waals surface area contributed by atoms with Crippen LogP contribution in [0.1, 0.15) is 5.56 Å². The van der Waals surface area contributed by atoms with E-state index in [9.17, 15) is 9.59 Å². The molecule has 1 aromatic carbocycles. The minimum atomic E-state index is -0.292. The molecule has 0 saturated carbocycles. The molecule has 0 N–H and O–H groups in total. The summed E-state index contributed by atoms with van der Waals surface area (Å²) in [6, 6.07) is 7.48. The fourth-order valence-corrected chi connectivity index (χ4v) is 2.20. The quantitative estimate of drug-likeness (QED) is 0.719. The van der Waals surface area contributed by atoms with Crippen molar-refractivity contribution in [1.82, 2.24) is 8.52 Å². The third-order valence-corrected chi connectivity index (χ3v) is 3.20. The fraction of sp³-hybridized carbons (Fsp3) is 0.200. The minimum absolute atomic E-state index is 0.247. The molecule has 4 nitrogen and oxygen atoms in total. The van der Waals surface area contributed by atoms with Crippen LogP contribution in [0.5, 0.6) is 0 Å². The van der Waals surface area contributed by atoms with Gasteiger partial charge in [-0.05, 0) is 18.6 Å². The molecule has 78 valence electrons. The molecule has 0 radical (unpaired) electrons. The zero-order valence-electron chi connectivity index (χ0n) is 8.43. The number of aryl methyl sites for hydroxylation is 1. The summed E-state index contributed by atoms with van der Waals surface area (Å²) in [5.74, 6) is 0. The molecule has 0 fully saturated rings. The van der Waals surface area contributed by atoms with Crippen LogP contribution in [0.15, 0.2) is 33.9 Å². The van der Waals surface area contributed by atoms with E-state index >= 15 is 0 Å². The van der Waals surface area contributed by atoms with E-state index in [1.807, 2.05) is 31.2 Å². The van der Waals surface area contributed by atoms with E-state index in [0.29, 0.717) is 0 Å². The van der Waals surface area contributed by atoms with Crippen molar-refractivity contribution in [2.24, 2.45) is 7.05 Å². The number of benzene rings is 1. The lowest BCUT2D eigenvalue weighted by Crippen LogP contribution is -2.25. The zero-order chi connectivity index (χ0) is 11.0. The highest BCUT2D eigenvalue weighted by molar-refractivity contribution is 7.03. The molecule has 0 amide bonds. The van der Waals surface area contributed by atoms with Crippen molar-refractivity contribution in [3.8, 4) is 5.69 Å². The van der Waals surface area contributed by atoms with Crippen molar-refractivity contribution in [1.29, 1.82) is 0 Å². The Hall–Kier alpha value is -1.62. The predicted octanol–water partition coefficient (Wildman–Crippen LogP) is 0.906. The van der Waals surface area contributed by atoms with Gasteiger partial charge in [-0.15, -0.1) is 0 Å². The van der Waals surface area contributed by atoms with Crippen LogP contribution in [-0.2, 0) is 7.05 Å². The van der Waals surface area contributed by atoms with Gasteiger partial charge in [0.2, 0.25) is 0 Å². The van der Waals surface area contributed by atoms with E-state index < -0.39 is 0 Å². The third-order valence-electron chi connectivity index (χ3n) is 2.24. The Labute approximate surface area is 90.2 Å². The maximum Gasteiger partial charge on any atom is 0.345 e. The van der Waals surface area contributed by atoms with Crippen LogP contribution in [0.2, 0.25) is 0 Å². The van der Waals surface area contributed by atoms with Gasteiger partial charge >= 0.3 is 10.6 Å². The molecule has 2 rings (SSSR count). The second kappa shape index (κ2) is 3.51. The van der Waals surface area contributed by atoms with Crippen LogP contribution < -0.4 is 10.6 Å². The van der Waals surface area contributed by atoms with Crippen LogP contribution in [-0.4, -0.2) is 8.52 Å². The molecule has 0 unspecified atom stereocenters. The van der Waals surface area contributed by atoms with Crippen LogP contribution in [0, 0.1) is 6.92 Å². The molecular weight excluding hydrogens is 212 g/mol. The lowest BCUT2D eigenvalue weighted by atomic mass is 10.2. The molecule has 0 aliphatic carbocycles. The van der Waals surface area contributed by atoms with Gasteiger partial charge in [0.1, 0.15) is 0 Å². The van der Waals surface area contributed by atoms with E-state index in [0.717, 1.165) is 27.4 Å². The summed E-state index contributed by atoms with van der Waals surface area (Å²) in [4.78, 5) is 22.7. The molecule has 15 heavy (non-hydrogen) atoms. The predicted molar refractivity (Wildman–Crippen MR) is 59.9 cm³/mol. The average Bonchev–Trinajstić information content (AvgIpc) is 2.47. The average molecular weight is 222 g/mol. The second-order valence-electron chi connectivity index (χ2n) is 3.28. The summed E-state index contributed by atoms with van der Waals surface area (Å²) in [7, 11) is 1.48. The van der Waals surface area contributed by atoms with E-state index in [1.54, 1.807) is 0 Å². The van der Waals surface area contributed by atoms with Crippen molar-refractivity contribution in [2.45, 2.75) is 6.92 Å². The van der Waals surface area contributed by atoms with Crippen molar-refractivity contribution < 1.29 is 0 Å². The second-order valence-corrected chi connectivity index (χ2v) is 4.18. The number of nitrogens with zero attached hydrogens (tertiary/aromatic N) is 2. The van der Waals surface area contributed by atoms with Gasteiger partial charge in [-0.2, -0.15) is 0 Å². The van der Waals surface area contributed by atoms with Gasteiger partial charge in [-0.25, -0.2) is 8.75 Å². The molecule has 0 bridgehead atoms. The number of hydrogen-bond donors (Lipinski definition) is 0. The Morgan fingerprint density at radius 2 is 1.87 bits per heavy atom. The summed E-state index contributed by atoms with van der Waals surface area (Å²) >= 11 is 0.920. The maximum atomic E-state index is 11.7. The molecule has 0 atom stereocenters. The first-order valence-corrected chi connectivity index (χ1v) is 5.24. The van der Waals surface area contributed by atoms with Crippen LogP contribution in [0.25, 0.3) is 5.69 Å². The Balaban J connectivity index is 2.76.